The van der Waals surface area contributed by atoms with Gasteiger partial charge in [0.15, 0.2) is 0 Å². The second-order valence-electron chi connectivity index (χ2n) is 8.02. The zero-order chi connectivity index (χ0) is 24.0. The number of piperidine rings is 1. The van der Waals surface area contributed by atoms with E-state index in [1.54, 1.807) is 30.3 Å². The molecule has 3 rings (SSSR count). The molecule has 0 bridgehead atoms. The van der Waals surface area contributed by atoms with Crippen LogP contribution in [0.25, 0.3) is 0 Å². The van der Waals surface area contributed by atoms with Gasteiger partial charge in [-0.3, -0.25) is 9.69 Å². The number of carbonyl (C=O) groups is 2. The molecule has 178 valence electrons. The summed E-state index contributed by atoms with van der Waals surface area (Å²) in [6.45, 7) is 2.87. The number of methoxy groups -OCH3 is 1. The summed E-state index contributed by atoms with van der Waals surface area (Å²) in [4.78, 5) is 26.6. The molecule has 1 amide bonds. The number of alkyl halides is 3. The standard InChI is InChI=1S/C24H27F3N2O4/c1-16(18-9-11-19(12-10-18)23(31)32-2)28-22(30)21-8-3-4-13-29(21)15-17-6-5-7-20(14-17)33-24(25,26)27/h5-7,9-12,14,16,21H,3-4,8,13,15H2,1-2H3,(H,28,30)/t16-,21?/m0/s1. The van der Waals surface area contributed by atoms with Crippen LogP contribution >= 0.6 is 0 Å². The molecular weight excluding hydrogens is 437 g/mol. The molecule has 2 aromatic rings. The van der Waals surface area contributed by atoms with Crippen molar-refractivity contribution in [1.82, 2.24) is 10.2 Å². The van der Waals surface area contributed by atoms with Gasteiger partial charge in [-0.05, 0) is 61.7 Å². The van der Waals surface area contributed by atoms with Crippen LogP contribution in [0.2, 0.25) is 0 Å². The van der Waals surface area contributed by atoms with Crippen molar-refractivity contribution in [3.63, 3.8) is 0 Å². The van der Waals surface area contributed by atoms with Gasteiger partial charge in [0.25, 0.3) is 0 Å². The molecule has 0 radical (unpaired) electrons. The van der Waals surface area contributed by atoms with Crippen LogP contribution in [0, 0.1) is 0 Å². The van der Waals surface area contributed by atoms with E-state index in [0.29, 0.717) is 30.6 Å². The van der Waals surface area contributed by atoms with Gasteiger partial charge in [0, 0.05) is 6.54 Å². The minimum Gasteiger partial charge on any atom is -0.465 e. The Hall–Kier alpha value is -3.07. The Labute approximate surface area is 190 Å². The van der Waals surface area contributed by atoms with Crippen molar-refractivity contribution in [2.24, 2.45) is 0 Å². The largest absolute Gasteiger partial charge is 0.573 e. The lowest BCUT2D eigenvalue weighted by atomic mass is 9.99. The molecule has 1 unspecified atom stereocenters. The van der Waals surface area contributed by atoms with Gasteiger partial charge in [0.2, 0.25) is 5.91 Å². The predicted molar refractivity (Wildman–Crippen MR) is 116 cm³/mol. The molecule has 9 heteroatoms. The second kappa shape index (κ2) is 10.7. The summed E-state index contributed by atoms with van der Waals surface area (Å²) in [5, 5.41) is 3.02. The van der Waals surface area contributed by atoms with E-state index < -0.39 is 12.3 Å². The molecule has 1 saturated heterocycles. The summed E-state index contributed by atoms with van der Waals surface area (Å²) in [7, 11) is 1.31. The lowest BCUT2D eigenvalue weighted by molar-refractivity contribution is -0.274. The van der Waals surface area contributed by atoms with Crippen molar-refractivity contribution in [3.8, 4) is 5.75 Å². The smallest absolute Gasteiger partial charge is 0.465 e. The van der Waals surface area contributed by atoms with Crippen LogP contribution in [0.15, 0.2) is 48.5 Å². The molecule has 0 aliphatic carbocycles. The molecule has 2 aromatic carbocycles. The van der Waals surface area contributed by atoms with E-state index in [1.165, 1.54) is 25.3 Å². The maximum absolute atomic E-state index is 13.1. The Morgan fingerprint density at radius 2 is 1.88 bits per heavy atom. The zero-order valence-corrected chi connectivity index (χ0v) is 18.5. The van der Waals surface area contributed by atoms with Crippen LogP contribution in [-0.2, 0) is 16.1 Å². The molecule has 1 N–H and O–H groups in total. The van der Waals surface area contributed by atoms with E-state index in [0.717, 1.165) is 18.4 Å². The number of nitrogens with one attached hydrogen (secondary N) is 1. The summed E-state index contributed by atoms with van der Waals surface area (Å²) in [6.07, 6.45) is -2.28. The Kier molecular flexibility index (Phi) is 7.97. The number of rotatable bonds is 7. The van der Waals surface area contributed by atoms with Gasteiger partial charge < -0.3 is 14.8 Å². The quantitative estimate of drug-likeness (QED) is 0.607. The van der Waals surface area contributed by atoms with Gasteiger partial charge in [-0.15, -0.1) is 13.2 Å². The fraction of sp³-hybridized carbons (Fsp3) is 0.417. The molecular formula is C24H27F3N2O4. The SMILES string of the molecule is COC(=O)c1ccc([C@H](C)NC(=O)C2CCCCN2Cc2cccc(OC(F)(F)F)c2)cc1. The molecule has 1 fully saturated rings. The van der Waals surface area contributed by atoms with Crippen LogP contribution in [0.4, 0.5) is 13.2 Å². The van der Waals surface area contributed by atoms with Crippen molar-refractivity contribution < 1.29 is 32.2 Å². The van der Waals surface area contributed by atoms with Crippen LogP contribution in [-0.4, -0.2) is 42.8 Å². The first-order valence-electron chi connectivity index (χ1n) is 10.7. The van der Waals surface area contributed by atoms with Gasteiger partial charge in [-0.1, -0.05) is 30.7 Å². The number of nitrogens with zero attached hydrogens (tertiary/aromatic N) is 1. The fourth-order valence-corrected chi connectivity index (χ4v) is 3.97. The van der Waals surface area contributed by atoms with E-state index in [9.17, 15) is 22.8 Å². The van der Waals surface area contributed by atoms with Crippen molar-refractivity contribution in [3.05, 3.63) is 65.2 Å². The maximum Gasteiger partial charge on any atom is 0.573 e. The number of carbonyl (C=O) groups excluding carboxylic acids is 2. The first-order chi connectivity index (χ1) is 15.7. The molecule has 0 aromatic heterocycles. The van der Waals surface area contributed by atoms with Crippen molar-refractivity contribution >= 4 is 11.9 Å². The van der Waals surface area contributed by atoms with E-state index in [1.807, 2.05) is 11.8 Å². The number of likely N-dealkylation sites (tertiary alicyclic amines) is 1. The van der Waals surface area contributed by atoms with E-state index in [-0.39, 0.29) is 23.7 Å². The van der Waals surface area contributed by atoms with Crippen LogP contribution in [0.5, 0.6) is 5.75 Å². The monoisotopic (exact) mass is 464 g/mol. The summed E-state index contributed by atoms with van der Waals surface area (Å²) < 4.78 is 46.3. The number of hydrogen-bond donors (Lipinski definition) is 1. The highest BCUT2D eigenvalue weighted by molar-refractivity contribution is 5.89. The van der Waals surface area contributed by atoms with Crippen LogP contribution in [0.3, 0.4) is 0 Å². The molecule has 2 atom stereocenters. The van der Waals surface area contributed by atoms with Crippen molar-refractivity contribution in [2.45, 2.75) is 51.2 Å². The molecule has 33 heavy (non-hydrogen) atoms. The third-order valence-electron chi connectivity index (χ3n) is 5.62. The summed E-state index contributed by atoms with van der Waals surface area (Å²) in [6, 6.07) is 12.0. The van der Waals surface area contributed by atoms with Gasteiger partial charge in [-0.25, -0.2) is 4.79 Å². The second-order valence-corrected chi connectivity index (χ2v) is 8.02. The number of amides is 1. The molecule has 0 spiro atoms. The Bertz CT molecular complexity index is 963. The lowest BCUT2D eigenvalue weighted by Gasteiger charge is -2.35. The van der Waals surface area contributed by atoms with E-state index in [2.05, 4.69) is 10.1 Å². The number of benzene rings is 2. The Balaban J connectivity index is 1.65. The topological polar surface area (TPSA) is 67.9 Å². The molecule has 6 nitrogen and oxygen atoms in total. The molecule has 1 aliphatic heterocycles. The zero-order valence-electron chi connectivity index (χ0n) is 18.5. The number of hydrogen-bond acceptors (Lipinski definition) is 5. The van der Waals surface area contributed by atoms with Crippen molar-refractivity contribution in [1.29, 1.82) is 0 Å². The minimum atomic E-state index is -4.75. The summed E-state index contributed by atoms with van der Waals surface area (Å²) >= 11 is 0. The van der Waals surface area contributed by atoms with Gasteiger partial charge in [0.05, 0.1) is 24.8 Å². The third-order valence-corrected chi connectivity index (χ3v) is 5.62. The summed E-state index contributed by atoms with van der Waals surface area (Å²) in [5.41, 5.74) is 1.91. The normalized spacial score (nSPS) is 17.8. The minimum absolute atomic E-state index is 0.137. The number of halogens is 3. The highest BCUT2D eigenvalue weighted by atomic mass is 19.4. The molecule has 1 heterocycles. The van der Waals surface area contributed by atoms with E-state index in [4.69, 9.17) is 4.74 Å². The number of esters is 1. The van der Waals surface area contributed by atoms with Crippen LogP contribution in [0.1, 0.15) is 53.7 Å². The van der Waals surface area contributed by atoms with Gasteiger partial charge in [-0.2, -0.15) is 0 Å². The van der Waals surface area contributed by atoms with Gasteiger partial charge >= 0.3 is 12.3 Å². The average molecular weight is 464 g/mol. The van der Waals surface area contributed by atoms with Crippen LogP contribution < -0.4 is 10.1 Å². The first kappa shape index (κ1) is 24.6. The summed E-state index contributed by atoms with van der Waals surface area (Å²) in [5.74, 6) is -0.843. The lowest BCUT2D eigenvalue weighted by Crippen LogP contribution is -2.49. The first-order valence-corrected chi connectivity index (χ1v) is 10.7. The molecule has 1 aliphatic rings. The van der Waals surface area contributed by atoms with Gasteiger partial charge in [0.1, 0.15) is 5.75 Å². The highest BCUT2D eigenvalue weighted by Gasteiger charge is 2.32. The average Bonchev–Trinajstić information content (AvgIpc) is 2.78. The maximum atomic E-state index is 13.1. The van der Waals surface area contributed by atoms with Crippen molar-refractivity contribution in [2.75, 3.05) is 13.7 Å². The third kappa shape index (κ3) is 6.95. The highest BCUT2D eigenvalue weighted by Crippen LogP contribution is 2.26. The van der Waals surface area contributed by atoms with E-state index >= 15 is 0 Å². The predicted octanol–water partition coefficient (Wildman–Crippen LogP) is 4.60. The Morgan fingerprint density at radius 3 is 2.55 bits per heavy atom. The number of ether oxygens (including phenoxy) is 2. The molecule has 0 saturated carbocycles. The Morgan fingerprint density at radius 1 is 1.15 bits per heavy atom. The fourth-order valence-electron chi connectivity index (χ4n) is 3.97.